The Kier molecular flexibility index (Phi) is 34.5. The maximum Gasteiger partial charge on any atom is 0.503 e. The Hall–Kier alpha value is -2.86. The summed E-state index contributed by atoms with van der Waals surface area (Å²) in [7, 11) is 0. The number of hydrogen-bond acceptors (Lipinski definition) is 5. The van der Waals surface area contributed by atoms with Gasteiger partial charge in [0, 0.05) is 52.8 Å². The standard InChI is InChI=1S/C48H79N3O2.CH2O3.3CH3.Cr/c1-9-15-21-26-48(27-22-16-10-2)46(49-36-42-34-38(7)32-40(44(42)52)24-17-11-3)47(48)50-37-43-35-39(8)33-41(45(43)53)25-23-31-51(28-18-12-4,29-19-13-5)30-20-14-6;2-1(3)4;;;;/h32-37,46-47H,9-31H2,1-8H3,(H-,49,50,52,53);(H2,2,3,4);3*1H3;/q;;3*-1;/p+1. The van der Waals surface area contributed by atoms with Gasteiger partial charge in [0.15, 0.2) is 0 Å². The van der Waals surface area contributed by atoms with Gasteiger partial charge in [0.1, 0.15) is 11.5 Å². The first-order valence-electron chi connectivity index (χ1n) is 22.9. The van der Waals surface area contributed by atoms with E-state index in [0.29, 0.717) is 11.5 Å². The molecule has 9 heteroatoms. The van der Waals surface area contributed by atoms with Gasteiger partial charge in [-0.3, -0.25) is 9.98 Å². The number of phenols is 2. The molecule has 4 N–H and O–H groups in total. The third kappa shape index (κ3) is 20.9. The molecular weight excluding hydrogens is 799 g/mol. The summed E-state index contributed by atoms with van der Waals surface area (Å²) < 4.78 is 1.23. The summed E-state index contributed by atoms with van der Waals surface area (Å²) in [5.41, 5.74) is 6.11. The fourth-order valence-corrected chi connectivity index (χ4v) is 8.82. The smallest absolute Gasteiger partial charge is 0.503 e. The van der Waals surface area contributed by atoms with Crippen LogP contribution in [-0.2, 0) is 30.2 Å². The Labute approximate surface area is 386 Å². The number of benzene rings is 2. The molecule has 0 amide bonds. The second kappa shape index (κ2) is 33.7. The number of rotatable bonds is 28. The molecule has 2 aromatic rings. The summed E-state index contributed by atoms with van der Waals surface area (Å²) in [4.78, 5) is 19.1. The monoisotopic (exact) mass is 890 g/mol. The predicted molar refractivity (Wildman–Crippen MR) is 260 cm³/mol. The number of nitrogens with zero attached hydrogens (tertiary/aromatic N) is 3. The van der Waals surface area contributed by atoms with Crippen molar-refractivity contribution in [2.45, 2.75) is 189 Å². The van der Waals surface area contributed by atoms with E-state index in [0.717, 1.165) is 72.8 Å². The minimum absolute atomic E-state index is 0. The largest absolute Gasteiger partial charge is 0.507 e. The normalized spacial score (nSPS) is 15.2. The van der Waals surface area contributed by atoms with Crippen molar-refractivity contribution >= 4 is 18.6 Å². The molecular formula is C52H91CrN3O5-2. The van der Waals surface area contributed by atoms with Crippen LogP contribution in [-0.4, -0.2) is 81.8 Å². The SMILES string of the molecule is CCCCCC1(CCCCC)C(N=Cc2cc(C)cc(CCCC)c2O)C1N=Cc1cc(C)cc(CCC[N+](CCCC)(CCCC)CCCC)c1O.O=C(O)O.[CH3-].[CH3-].[CH3-].[Cr]. The Bertz CT molecular complexity index is 1490. The zero-order chi connectivity index (χ0) is 42.3. The van der Waals surface area contributed by atoms with Gasteiger partial charge in [0.05, 0.1) is 38.3 Å². The molecule has 3 rings (SSSR count). The zero-order valence-corrected chi connectivity index (χ0v) is 42.1. The number of unbranched alkanes of at least 4 members (excludes halogenated alkanes) is 8. The Morgan fingerprint density at radius 1 is 0.574 bits per heavy atom. The average Bonchev–Trinajstić information content (AvgIpc) is 3.78. The van der Waals surface area contributed by atoms with Gasteiger partial charge in [-0.2, -0.15) is 0 Å². The van der Waals surface area contributed by atoms with Gasteiger partial charge in [-0.15, -0.1) is 0 Å². The van der Waals surface area contributed by atoms with Crippen molar-refractivity contribution in [2.24, 2.45) is 15.4 Å². The van der Waals surface area contributed by atoms with Crippen LogP contribution in [0.25, 0.3) is 0 Å². The third-order valence-electron chi connectivity index (χ3n) is 12.2. The molecule has 0 bridgehead atoms. The summed E-state index contributed by atoms with van der Waals surface area (Å²) >= 11 is 0. The molecule has 352 valence electrons. The van der Waals surface area contributed by atoms with Gasteiger partial charge in [-0.05, 0) is 99.6 Å². The number of hydrogen-bond donors (Lipinski definition) is 4. The van der Waals surface area contributed by atoms with Gasteiger partial charge in [-0.1, -0.05) is 118 Å². The molecule has 0 spiro atoms. The molecule has 0 radical (unpaired) electrons. The second-order valence-corrected chi connectivity index (χ2v) is 17.1. The van der Waals surface area contributed by atoms with E-state index < -0.39 is 6.16 Å². The van der Waals surface area contributed by atoms with E-state index in [2.05, 4.69) is 79.7 Å². The quantitative estimate of drug-likeness (QED) is 0.0293. The predicted octanol–water partition coefficient (Wildman–Crippen LogP) is 14.2. The number of phenolic OH excluding ortho intramolecular Hbond substituents is 2. The third-order valence-corrected chi connectivity index (χ3v) is 12.2. The minimum Gasteiger partial charge on any atom is -0.507 e. The molecule has 1 aliphatic carbocycles. The first-order valence-corrected chi connectivity index (χ1v) is 22.9. The van der Waals surface area contributed by atoms with Crippen molar-refractivity contribution in [1.82, 2.24) is 0 Å². The molecule has 1 fully saturated rings. The van der Waals surface area contributed by atoms with Crippen molar-refractivity contribution < 1.29 is 47.1 Å². The van der Waals surface area contributed by atoms with Crippen LogP contribution in [0.1, 0.15) is 184 Å². The number of carboxylic acid groups (broad SMARTS) is 2. The van der Waals surface area contributed by atoms with E-state index in [4.69, 9.17) is 25.0 Å². The average molecular weight is 890 g/mol. The van der Waals surface area contributed by atoms with Crippen molar-refractivity contribution in [1.29, 1.82) is 0 Å². The van der Waals surface area contributed by atoms with Gasteiger partial charge in [0.25, 0.3) is 0 Å². The van der Waals surface area contributed by atoms with Crippen molar-refractivity contribution in [3.8, 4) is 11.5 Å². The van der Waals surface area contributed by atoms with Gasteiger partial charge in [0.2, 0.25) is 0 Å². The van der Waals surface area contributed by atoms with E-state index in [1.54, 1.807) is 0 Å². The first-order chi connectivity index (χ1) is 27.4. The van der Waals surface area contributed by atoms with E-state index in [-0.39, 0.29) is 57.1 Å². The zero-order valence-electron chi connectivity index (χ0n) is 40.8. The molecule has 2 atom stereocenters. The molecule has 0 saturated heterocycles. The van der Waals surface area contributed by atoms with Crippen molar-refractivity contribution in [3.05, 3.63) is 79.9 Å². The fourth-order valence-electron chi connectivity index (χ4n) is 8.82. The van der Waals surface area contributed by atoms with Crippen LogP contribution in [0.2, 0.25) is 0 Å². The number of quaternary nitrogens is 1. The molecule has 0 aromatic heterocycles. The number of carbonyl (C=O) groups is 1. The Balaban J connectivity index is -0.00000402. The molecule has 1 aliphatic rings. The Morgan fingerprint density at radius 3 is 1.25 bits per heavy atom. The van der Waals surface area contributed by atoms with E-state index in [9.17, 15) is 10.2 Å². The molecule has 8 nitrogen and oxygen atoms in total. The second-order valence-electron chi connectivity index (χ2n) is 17.1. The number of aliphatic imine (C=N–C) groups is 2. The molecule has 61 heavy (non-hydrogen) atoms. The van der Waals surface area contributed by atoms with Crippen LogP contribution in [0, 0.1) is 41.5 Å². The van der Waals surface area contributed by atoms with Gasteiger partial charge in [-0.25, -0.2) is 4.79 Å². The van der Waals surface area contributed by atoms with Gasteiger partial charge < -0.3 is 47.2 Å². The van der Waals surface area contributed by atoms with Crippen LogP contribution < -0.4 is 0 Å². The van der Waals surface area contributed by atoms with Crippen LogP contribution in [0.5, 0.6) is 11.5 Å². The summed E-state index contributed by atoms with van der Waals surface area (Å²) in [6.07, 6.45) is 24.2. The molecule has 2 unspecified atom stereocenters. The van der Waals surface area contributed by atoms with Crippen molar-refractivity contribution in [2.75, 3.05) is 26.2 Å². The molecule has 0 aliphatic heterocycles. The van der Waals surface area contributed by atoms with E-state index in [1.807, 2.05) is 12.4 Å². The topological polar surface area (TPSA) is 123 Å². The number of aryl methyl sites for hydroxylation is 4. The van der Waals surface area contributed by atoms with Crippen LogP contribution in [0.3, 0.4) is 0 Å². The molecule has 2 aromatic carbocycles. The maximum atomic E-state index is 11.7. The maximum absolute atomic E-state index is 11.7. The summed E-state index contributed by atoms with van der Waals surface area (Å²) in [6.45, 7) is 23.0. The summed E-state index contributed by atoms with van der Waals surface area (Å²) in [5, 5.41) is 36.9. The minimum atomic E-state index is -1.83. The Morgan fingerprint density at radius 2 is 0.902 bits per heavy atom. The molecule has 0 heterocycles. The van der Waals surface area contributed by atoms with Crippen LogP contribution >= 0.6 is 0 Å². The fraction of sp³-hybridized carbons (Fsp3) is 0.654. The summed E-state index contributed by atoms with van der Waals surface area (Å²) in [6, 6.07) is 8.64. The number of aromatic hydroxyl groups is 2. The van der Waals surface area contributed by atoms with E-state index in [1.165, 1.54) is 113 Å². The van der Waals surface area contributed by atoms with Crippen LogP contribution in [0.15, 0.2) is 34.3 Å². The van der Waals surface area contributed by atoms with Crippen molar-refractivity contribution in [3.63, 3.8) is 0 Å². The molecule has 1 saturated carbocycles. The summed E-state index contributed by atoms with van der Waals surface area (Å²) in [5.74, 6) is 0.783. The van der Waals surface area contributed by atoms with E-state index >= 15 is 0 Å². The van der Waals surface area contributed by atoms with Gasteiger partial charge >= 0.3 is 6.16 Å². The first kappa shape index (κ1) is 62.4. The van der Waals surface area contributed by atoms with Crippen LogP contribution in [0.4, 0.5) is 4.79 Å².